The zero-order valence-electron chi connectivity index (χ0n) is 15.0. The number of hydrogen-bond donors (Lipinski definition) is 1. The van der Waals surface area contributed by atoms with Crippen molar-refractivity contribution in [1.82, 2.24) is 15.1 Å². The van der Waals surface area contributed by atoms with Crippen LogP contribution in [0.15, 0.2) is 24.3 Å². The van der Waals surface area contributed by atoms with Crippen LogP contribution in [0.1, 0.15) is 31.4 Å². The van der Waals surface area contributed by atoms with Crippen LogP contribution in [0.25, 0.3) is 0 Å². The predicted molar refractivity (Wildman–Crippen MR) is 91.2 cm³/mol. The van der Waals surface area contributed by atoms with Gasteiger partial charge in [0.15, 0.2) is 0 Å². The summed E-state index contributed by atoms with van der Waals surface area (Å²) in [5.41, 5.74) is -0.676. The molecule has 1 atom stereocenters. The van der Waals surface area contributed by atoms with Gasteiger partial charge in [0.25, 0.3) is 0 Å². The van der Waals surface area contributed by atoms with Gasteiger partial charge in [0, 0.05) is 19.5 Å². The molecule has 2 rings (SSSR count). The van der Waals surface area contributed by atoms with E-state index >= 15 is 0 Å². The summed E-state index contributed by atoms with van der Waals surface area (Å²) in [6, 6.07) is 4.87. The van der Waals surface area contributed by atoms with E-state index in [1.165, 1.54) is 23.1 Å². The van der Waals surface area contributed by atoms with Crippen LogP contribution < -0.4 is 5.32 Å². The Labute approximate surface area is 151 Å². The van der Waals surface area contributed by atoms with Gasteiger partial charge >= 0.3 is 6.18 Å². The fraction of sp³-hybridized carbons (Fsp3) is 0.556. The molecule has 1 aliphatic rings. The topological polar surface area (TPSA) is 52.7 Å². The van der Waals surface area contributed by atoms with E-state index in [0.717, 1.165) is 19.2 Å². The number of hydrogen-bond acceptors (Lipinski definition) is 3. The fourth-order valence-corrected chi connectivity index (χ4v) is 3.09. The van der Waals surface area contributed by atoms with Crippen molar-refractivity contribution in [3.05, 3.63) is 35.4 Å². The van der Waals surface area contributed by atoms with Crippen molar-refractivity contribution in [2.75, 3.05) is 26.2 Å². The third-order valence-corrected chi connectivity index (χ3v) is 4.53. The summed E-state index contributed by atoms with van der Waals surface area (Å²) in [6.45, 7) is 5.74. The van der Waals surface area contributed by atoms with Gasteiger partial charge in [-0.25, -0.2) is 0 Å². The van der Waals surface area contributed by atoms with E-state index in [4.69, 9.17) is 0 Å². The quantitative estimate of drug-likeness (QED) is 0.800. The Morgan fingerprint density at radius 1 is 1.27 bits per heavy atom. The van der Waals surface area contributed by atoms with E-state index in [-0.39, 0.29) is 49.5 Å². The van der Waals surface area contributed by atoms with Gasteiger partial charge in [-0.3, -0.25) is 14.5 Å². The summed E-state index contributed by atoms with van der Waals surface area (Å²) in [6.07, 6.45) is -4.35. The molecule has 0 radical (unpaired) electrons. The van der Waals surface area contributed by atoms with Crippen LogP contribution in [0.2, 0.25) is 0 Å². The molecule has 1 aliphatic heterocycles. The molecule has 1 heterocycles. The van der Waals surface area contributed by atoms with E-state index in [1.54, 1.807) is 0 Å². The Morgan fingerprint density at radius 2 is 1.92 bits per heavy atom. The molecule has 5 nitrogen and oxygen atoms in total. The largest absolute Gasteiger partial charge is 0.416 e. The Bertz CT molecular complexity index is 645. The Morgan fingerprint density at radius 3 is 2.54 bits per heavy atom. The van der Waals surface area contributed by atoms with E-state index in [2.05, 4.69) is 5.32 Å². The van der Waals surface area contributed by atoms with E-state index in [0.29, 0.717) is 0 Å². The lowest BCUT2D eigenvalue weighted by atomic mass is 10.1. The Balaban J connectivity index is 1.98. The number of rotatable bonds is 7. The minimum atomic E-state index is -4.46. The van der Waals surface area contributed by atoms with Crippen molar-refractivity contribution in [2.24, 2.45) is 0 Å². The molecule has 0 saturated carbocycles. The number of nitrogens with one attached hydrogen (secondary N) is 1. The second-order valence-corrected chi connectivity index (χ2v) is 6.36. The summed E-state index contributed by atoms with van der Waals surface area (Å²) in [4.78, 5) is 27.5. The average Bonchev–Trinajstić information content (AvgIpc) is 2.91. The molecular weight excluding hydrogens is 347 g/mol. The molecule has 1 N–H and O–H groups in total. The first-order valence-corrected chi connectivity index (χ1v) is 8.69. The number of benzene rings is 1. The van der Waals surface area contributed by atoms with E-state index in [1.807, 2.05) is 18.7 Å². The zero-order valence-corrected chi connectivity index (χ0v) is 15.0. The highest BCUT2D eigenvalue weighted by Gasteiger charge is 2.35. The van der Waals surface area contributed by atoms with Gasteiger partial charge in [-0.15, -0.1) is 0 Å². The minimum Gasteiger partial charge on any atom is -0.350 e. The number of nitrogens with zero attached hydrogens (tertiary/aromatic N) is 2. The summed E-state index contributed by atoms with van der Waals surface area (Å²) >= 11 is 0. The lowest BCUT2D eigenvalue weighted by Gasteiger charge is -2.21. The molecule has 1 unspecified atom stereocenters. The van der Waals surface area contributed by atoms with E-state index in [9.17, 15) is 22.8 Å². The predicted octanol–water partition coefficient (Wildman–Crippen LogP) is 2.26. The van der Waals surface area contributed by atoms with Crippen molar-refractivity contribution >= 4 is 11.8 Å². The number of carbonyl (C=O) groups excluding carboxylic acids is 2. The standard InChI is InChI=1S/C18H24F3N3O2/c1-3-23(4-2)12-16(25)22-14-9-17(26)24(11-14)10-13-7-5-6-8-15(13)18(19,20)21/h5-8,14H,3-4,9-12H2,1-2H3,(H,22,25). The molecule has 1 fully saturated rings. The minimum absolute atomic E-state index is 0.0588. The maximum absolute atomic E-state index is 13.1. The van der Waals surface area contributed by atoms with Crippen LogP contribution >= 0.6 is 0 Å². The van der Waals surface area contributed by atoms with Crippen molar-refractivity contribution < 1.29 is 22.8 Å². The van der Waals surface area contributed by atoms with Gasteiger partial charge in [-0.2, -0.15) is 13.2 Å². The molecule has 1 aromatic carbocycles. The van der Waals surface area contributed by atoms with Crippen molar-refractivity contribution in [3.63, 3.8) is 0 Å². The molecule has 26 heavy (non-hydrogen) atoms. The van der Waals surface area contributed by atoms with Crippen LogP contribution in [0.4, 0.5) is 13.2 Å². The molecule has 1 aromatic rings. The van der Waals surface area contributed by atoms with Gasteiger partial charge in [0.2, 0.25) is 11.8 Å². The van der Waals surface area contributed by atoms with Crippen molar-refractivity contribution in [2.45, 2.75) is 39.0 Å². The van der Waals surface area contributed by atoms with Crippen LogP contribution in [-0.4, -0.2) is 53.8 Å². The first kappa shape index (κ1) is 20.2. The van der Waals surface area contributed by atoms with Crippen LogP contribution in [-0.2, 0) is 22.3 Å². The molecule has 0 bridgehead atoms. The number of carbonyl (C=O) groups is 2. The lowest BCUT2D eigenvalue weighted by molar-refractivity contribution is -0.139. The molecule has 8 heteroatoms. The highest BCUT2D eigenvalue weighted by molar-refractivity contribution is 5.83. The normalized spacial score (nSPS) is 17.8. The molecule has 1 saturated heterocycles. The van der Waals surface area contributed by atoms with Crippen LogP contribution in [0, 0.1) is 0 Å². The summed E-state index contributed by atoms with van der Waals surface area (Å²) in [7, 11) is 0. The van der Waals surface area contributed by atoms with Gasteiger partial charge in [0.1, 0.15) is 0 Å². The van der Waals surface area contributed by atoms with Gasteiger partial charge in [-0.1, -0.05) is 32.0 Å². The molecule has 0 spiro atoms. The SMILES string of the molecule is CCN(CC)CC(=O)NC1CC(=O)N(Cc2ccccc2C(F)(F)F)C1. The first-order chi connectivity index (χ1) is 12.2. The van der Waals surface area contributed by atoms with Gasteiger partial charge < -0.3 is 10.2 Å². The van der Waals surface area contributed by atoms with Crippen LogP contribution in [0.5, 0.6) is 0 Å². The number of likely N-dealkylation sites (N-methyl/N-ethyl adjacent to an activating group) is 1. The van der Waals surface area contributed by atoms with Crippen LogP contribution in [0.3, 0.4) is 0 Å². The van der Waals surface area contributed by atoms with Crippen molar-refractivity contribution in [3.8, 4) is 0 Å². The summed E-state index contributed by atoms with van der Waals surface area (Å²) in [5, 5.41) is 2.80. The van der Waals surface area contributed by atoms with Gasteiger partial charge in [-0.05, 0) is 24.7 Å². The second-order valence-electron chi connectivity index (χ2n) is 6.36. The van der Waals surface area contributed by atoms with Gasteiger partial charge in [0.05, 0.1) is 18.2 Å². The number of likely N-dealkylation sites (tertiary alicyclic amines) is 1. The molecular formula is C18H24F3N3O2. The molecule has 2 amide bonds. The van der Waals surface area contributed by atoms with E-state index < -0.39 is 11.7 Å². The fourth-order valence-electron chi connectivity index (χ4n) is 3.09. The average molecular weight is 371 g/mol. The number of amides is 2. The molecule has 0 aliphatic carbocycles. The summed E-state index contributed by atoms with van der Waals surface area (Å²) in [5.74, 6) is -0.431. The van der Waals surface area contributed by atoms with Crippen molar-refractivity contribution in [1.29, 1.82) is 0 Å². The maximum Gasteiger partial charge on any atom is 0.416 e. The maximum atomic E-state index is 13.1. The first-order valence-electron chi connectivity index (χ1n) is 8.69. The smallest absolute Gasteiger partial charge is 0.350 e. The lowest BCUT2D eigenvalue weighted by Crippen LogP contribution is -2.43. The zero-order chi connectivity index (χ0) is 19.3. The Hall–Kier alpha value is -2.09. The number of alkyl halides is 3. The number of halogens is 3. The molecule has 0 aromatic heterocycles. The highest BCUT2D eigenvalue weighted by Crippen LogP contribution is 2.32. The third-order valence-electron chi connectivity index (χ3n) is 4.53. The third kappa shape index (κ3) is 5.20. The Kier molecular flexibility index (Phi) is 6.63. The summed E-state index contributed by atoms with van der Waals surface area (Å²) < 4.78 is 39.3. The second kappa shape index (κ2) is 8.53. The monoisotopic (exact) mass is 371 g/mol. The highest BCUT2D eigenvalue weighted by atomic mass is 19.4. The molecule has 144 valence electrons.